The molecule has 0 amide bonds. The van der Waals surface area contributed by atoms with Crippen molar-refractivity contribution in [3.63, 3.8) is 0 Å². The molecule has 4 aromatic carbocycles. The molecule has 61 heavy (non-hydrogen) atoms. The molecule has 0 heterocycles. The van der Waals surface area contributed by atoms with Gasteiger partial charge >= 0.3 is 0 Å². The zero-order valence-corrected chi connectivity index (χ0v) is 43.8. The summed E-state index contributed by atoms with van der Waals surface area (Å²) in [6.07, 6.45) is 0. The minimum absolute atomic E-state index is 0.162. The van der Waals surface area contributed by atoms with Crippen molar-refractivity contribution >= 4 is 9.03 Å². The number of phenols is 2. The minimum Gasteiger partial charge on any atom is -0.507 e. The number of phenolic OH excluding ortho intramolecular Hbond substituents is 2. The number of aromatic hydroxyl groups is 2. The Morgan fingerprint density at radius 1 is 0.295 bits per heavy atom. The number of benzene rings is 4. The Hall–Kier alpha value is -3.49. The number of rotatable bonds is 6. The zero-order chi connectivity index (χ0) is 47.0. The Balaban J connectivity index is 2.12. The predicted molar refractivity (Wildman–Crippen MR) is 266 cm³/mol. The van der Waals surface area contributed by atoms with E-state index in [1.807, 2.05) is 0 Å². The smallest absolute Gasteiger partial charge is 0.275 e. The van der Waals surface area contributed by atoms with Crippen molar-refractivity contribution in [2.75, 3.05) is 0 Å². The quantitative estimate of drug-likeness (QED) is 0.190. The maximum Gasteiger partial charge on any atom is 0.275 e. The van der Waals surface area contributed by atoms with Crippen LogP contribution in [-0.2, 0) is 43.3 Å². The van der Waals surface area contributed by atoms with Gasteiger partial charge in [0.15, 0.2) is 0 Å². The molecule has 0 radical (unpaired) electrons. The molecule has 2 N–H and O–H groups in total. The standard InChI is InChI=1S/C56H83O4P/c1-49(2,3)33-25-37(45(57)41(29-33)53(13,14)15)39-27-35(51(7,8)9)31-43(55(19,20)21)47(39)59-61-60-48-40(28-36(52(10,11)12)32-44(48)56(22,23)24)38-26-34(50(4,5)6)30-42(46(38)58)54(16,17)18/h25-32,57-58,61H,1-24H3. The summed E-state index contributed by atoms with van der Waals surface area (Å²) in [5.41, 5.74) is 9.90. The highest BCUT2D eigenvalue weighted by molar-refractivity contribution is 7.27. The van der Waals surface area contributed by atoms with Crippen molar-refractivity contribution in [3.8, 4) is 45.3 Å². The third-order valence-corrected chi connectivity index (χ3v) is 12.5. The van der Waals surface area contributed by atoms with Crippen molar-refractivity contribution in [1.29, 1.82) is 0 Å². The normalized spacial score (nSPS) is 13.8. The first kappa shape index (κ1) is 50.2. The summed E-state index contributed by atoms with van der Waals surface area (Å²) >= 11 is 0. The molecule has 5 heteroatoms. The Morgan fingerprint density at radius 3 is 0.721 bits per heavy atom. The molecular formula is C56H83O4P. The van der Waals surface area contributed by atoms with Crippen LogP contribution in [0.25, 0.3) is 22.3 Å². The molecule has 0 atom stereocenters. The van der Waals surface area contributed by atoms with Crippen LogP contribution in [0.15, 0.2) is 48.5 Å². The third kappa shape index (κ3) is 11.2. The molecular weight excluding hydrogens is 768 g/mol. The van der Waals surface area contributed by atoms with E-state index < -0.39 is 9.03 Å². The Kier molecular flexibility index (Phi) is 13.4. The summed E-state index contributed by atoms with van der Waals surface area (Å²) in [7, 11) is -0.437. The lowest BCUT2D eigenvalue weighted by molar-refractivity contribution is 0.445. The fraction of sp³-hybridized carbons (Fsp3) is 0.571. The van der Waals surface area contributed by atoms with Crippen molar-refractivity contribution < 1.29 is 19.3 Å². The van der Waals surface area contributed by atoms with Crippen molar-refractivity contribution in [1.82, 2.24) is 0 Å². The fourth-order valence-electron chi connectivity index (χ4n) is 7.65. The first-order chi connectivity index (χ1) is 27.1. The Bertz CT molecular complexity index is 2090. The van der Waals surface area contributed by atoms with Crippen LogP contribution in [0.2, 0.25) is 0 Å². The molecule has 4 rings (SSSR count). The van der Waals surface area contributed by atoms with E-state index >= 15 is 0 Å². The second-order valence-corrected chi connectivity index (χ2v) is 26.5. The number of hydrogen-bond acceptors (Lipinski definition) is 4. The van der Waals surface area contributed by atoms with Crippen LogP contribution in [-0.4, -0.2) is 10.2 Å². The van der Waals surface area contributed by atoms with E-state index in [1.54, 1.807) is 0 Å². The molecule has 0 spiro atoms. The van der Waals surface area contributed by atoms with Gasteiger partial charge in [-0.1, -0.05) is 190 Å². The third-order valence-electron chi connectivity index (χ3n) is 12.0. The highest BCUT2D eigenvalue weighted by atomic mass is 31.1. The van der Waals surface area contributed by atoms with Gasteiger partial charge in [0.1, 0.15) is 23.0 Å². The lowest BCUT2D eigenvalue weighted by Gasteiger charge is -2.32. The summed E-state index contributed by atoms with van der Waals surface area (Å²) in [5, 5.41) is 24.7. The molecule has 0 aliphatic carbocycles. The average molecular weight is 851 g/mol. The van der Waals surface area contributed by atoms with Crippen LogP contribution in [0.3, 0.4) is 0 Å². The molecule has 0 aromatic heterocycles. The molecule has 4 nitrogen and oxygen atoms in total. The van der Waals surface area contributed by atoms with Crippen LogP contribution >= 0.6 is 9.03 Å². The molecule has 4 aromatic rings. The van der Waals surface area contributed by atoms with E-state index in [0.717, 1.165) is 55.6 Å². The topological polar surface area (TPSA) is 58.9 Å². The summed E-state index contributed by atoms with van der Waals surface area (Å²) in [5.74, 6) is 1.97. The first-order valence-corrected chi connectivity index (χ1v) is 23.2. The molecule has 336 valence electrons. The maximum absolute atomic E-state index is 12.3. The van der Waals surface area contributed by atoms with Gasteiger partial charge in [0.2, 0.25) is 0 Å². The monoisotopic (exact) mass is 851 g/mol. The lowest BCUT2D eigenvalue weighted by Crippen LogP contribution is -2.19. The predicted octanol–water partition coefficient (Wildman–Crippen LogP) is 16.8. The second-order valence-electron chi connectivity index (χ2n) is 25.9. The van der Waals surface area contributed by atoms with Gasteiger partial charge < -0.3 is 19.3 Å². The molecule has 0 fully saturated rings. The van der Waals surface area contributed by atoms with E-state index in [0.29, 0.717) is 11.5 Å². The molecule has 0 aliphatic rings. The van der Waals surface area contributed by atoms with E-state index in [2.05, 4.69) is 215 Å². The van der Waals surface area contributed by atoms with Crippen molar-refractivity contribution in [2.24, 2.45) is 0 Å². The van der Waals surface area contributed by atoms with Gasteiger partial charge in [-0.2, -0.15) is 0 Å². The van der Waals surface area contributed by atoms with E-state index in [-0.39, 0.29) is 54.8 Å². The van der Waals surface area contributed by atoms with Crippen LogP contribution in [0.5, 0.6) is 23.0 Å². The highest BCUT2D eigenvalue weighted by Crippen LogP contribution is 2.53. The van der Waals surface area contributed by atoms with Gasteiger partial charge in [0.25, 0.3) is 9.03 Å². The van der Waals surface area contributed by atoms with Gasteiger partial charge in [-0.05, 0) is 89.8 Å². The van der Waals surface area contributed by atoms with Gasteiger partial charge in [0, 0.05) is 44.5 Å². The van der Waals surface area contributed by atoms with E-state index in [9.17, 15) is 10.2 Å². The SMILES string of the molecule is CC(C)(C)c1cc(-c2cc(C(C)(C)C)cc(C(C)(C)C)c2OPOc2c(-c3cc(C(C)(C)C)cc(C(C)(C)C)c3O)cc(C(C)(C)C)cc2C(C)(C)C)c(O)c(C(C)(C)C)c1. The van der Waals surface area contributed by atoms with E-state index in [4.69, 9.17) is 9.05 Å². The molecule has 0 aliphatic heterocycles. The van der Waals surface area contributed by atoms with Crippen molar-refractivity contribution in [2.45, 2.75) is 209 Å². The van der Waals surface area contributed by atoms with Crippen LogP contribution < -0.4 is 9.05 Å². The molecule has 0 unspecified atom stereocenters. The average Bonchev–Trinajstić information content (AvgIpc) is 3.04. The highest BCUT2D eigenvalue weighted by Gasteiger charge is 2.34. The molecule has 0 bridgehead atoms. The fourth-order valence-corrected chi connectivity index (χ4v) is 8.30. The Morgan fingerprint density at radius 2 is 0.508 bits per heavy atom. The zero-order valence-electron chi connectivity index (χ0n) is 42.8. The Labute approximate surface area is 374 Å². The maximum atomic E-state index is 12.3. The largest absolute Gasteiger partial charge is 0.507 e. The van der Waals surface area contributed by atoms with Gasteiger partial charge in [-0.15, -0.1) is 0 Å². The molecule has 0 saturated carbocycles. The second kappa shape index (κ2) is 16.3. The summed E-state index contributed by atoms with van der Waals surface area (Å²) in [6, 6.07) is 17.7. The van der Waals surface area contributed by atoms with Gasteiger partial charge in [-0.3, -0.25) is 0 Å². The summed E-state index contributed by atoms with van der Waals surface area (Å²) < 4.78 is 14.2. The van der Waals surface area contributed by atoms with Crippen LogP contribution in [0, 0.1) is 0 Å². The lowest BCUT2D eigenvalue weighted by atomic mass is 9.75. The van der Waals surface area contributed by atoms with Gasteiger partial charge in [0.05, 0.1) is 0 Å². The summed E-state index contributed by atoms with van der Waals surface area (Å²) in [4.78, 5) is 0. The van der Waals surface area contributed by atoms with Crippen molar-refractivity contribution in [3.05, 3.63) is 93.0 Å². The first-order valence-electron chi connectivity index (χ1n) is 22.4. The van der Waals surface area contributed by atoms with Gasteiger partial charge in [-0.25, -0.2) is 0 Å². The van der Waals surface area contributed by atoms with E-state index in [1.165, 1.54) is 11.1 Å². The van der Waals surface area contributed by atoms with Crippen LogP contribution in [0.4, 0.5) is 0 Å². The number of hydrogen-bond donors (Lipinski definition) is 2. The minimum atomic E-state index is -0.437. The van der Waals surface area contributed by atoms with Crippen LogP contribution in [0.1, 0.15) is 211 Å². The molecule has 0 saturated heterocycles. The summed E-state index contributed by atoms with van der Waals surface area (Å²) in [6.45, 7) is 53.1.